The number of carboxylic acids is 1. The average molecular weight is 257 g/mol. The first-order chi connectivity index (χ1) is 8.68. The second-order valence-corrected chi connectivity index (χ2v) is 5.26. The summed E-state index contributed by atoms with van der Waals surface area (Å²) in [6.45, 7) is 0.686. The zero-order valence-corrected chi connectivity index (χ0v) is 11.1. The van der Waals surface area contributed by atoms with E-state index < -0.39 is 5.97 Å². The predicted octanol–water partition coefficient (Wildman–Crippen LogP) is 2.96. The third-order valence-corrected chi connectivity index (χ3v) is 3.59. The second-order valence-electron chi connectivity index (χ2n) is 5.26. The van der Waals surface area contributed by atoms with E-state index in [0.717, 1.165) is 12.8 Å². The minimum absolute atomic E-state index is 0. The van der Waals surface area contributed by atoms with Crippen molar-refractivity contribution >= 4 is 11.9 Å². The van der Waals surface area contributed by atoms with E-state index >= 15 is 0 Å². The fraction of sp³-hybridized carbons (Fsp3) is 0.857. The summed E-state index contributed by atoms with van der Waals surface area (Å²) in [5.74, 6) is 0.0160. The minimum Gasteiger partial charge on any atom is -0.481 e. The largest absolute Gasteiger partial charge is 0.481 e. The topological polar surface area (TPSA) is 66.4 Å². The van der Waals surface area contributed by atoms with Crippen molar-refractivity contribution in [2.24, 2.45) is 5.92 Å². The van der Waals surface area contributed by atoms with Gasteiger partial charge in [0, 0.05) is 20.8 Å². The van der Waals surface area contributed by atoms with Crippen LogP contribution >= 0.6 is 0 Å². The van der Waals surface area contributed by atoms with Gasteiger partial charge in [-0.25, -0.2) is 0 Å². The molecular weight excluding hydrogens is 230 g/mol. The monoisotopic (exact) mass is 257 g/mol. The molecule has 1 aliphatic rings. The quantitative estimate of drug-likeness (QED) is 0.657. The highest BCUT2D eigenvalue weighted by Gasteiger charge is 2.16. The van der Waals surface area contributed by atoms with Crippen LogP contribution in [0.4, 0.5) is 0 Å². The summed E-state index contributed by atoms with van der Waals surface area (Å²) in [7, 11) is 0. The number of nitrogens with one attached hydrogen (secondary N) is 1. The van der Waals surface area contributed by atoms with Crippen LogP contribution in [0.25, 0.3) is 0 Å². The smallest absolute Gasteiger partial charge is 0.303 e. The molecule has 1 amide bonds. The van der Waals surface area contributed by atoms with Crippen LogP contribution in [0.15, 0.2) is 0 Å². The van der Waals surface area contributed by atoms with Crippen molar-refractivity contribution in [3.8, 4) is 0 Å². The van der Waals surface area contributed by atoms with Crippen LogP contribution in [0.3, 0.4) is 0 Å². The van der Waals surface area contributed by atoms with E-state index in [1.165, 1.54) is 32.1 Å². The third-order valence-electron chi connectivity index (χ3n) is 3.59. The lowest BCUT2D eigenvalue weighted by molar-refractivity contribution is -0.137. The van der Waals surface area contributed by atoms with Crippen LogP contribution in [-0.2, 0) is 9.59 Å². The maximum atomic E-state index is 11.6. The van der Waals surface area contributed by atoms with E-state index in [4.69, 9.17) is 5.11 Å². The Morgan fingerprint density at radius 1 is 1.11 bits per heavy atom. The number of amides is 1. The van der Waals surface area contributed by atoms with Crippen LogP contribution in [0.2, 0.25) is 0 Å². The summed E-state index contributed by atoms with van der Waals surface area (Å²) in [4.78, 5) is 21.9. The standard InChI is InChI=1S/C14H25NO3.H2/c16-13(11-12-7-3-1-4-8-12)15-10-6-2-5-9-14(17)18;/h12H,1-11H2,(H,15,16)(H,17,18);1H. The molecule has 0 bridgehead atoms. The maximum Gasteiger partial charge on any atom is 0.303 e. The molecule has 18 heavy (non-hydrogen) atoms. The van der Waals surface area contributed by atoms with Gasteiger partial charge in [-0.3, -0.25) is 9.59 Å². The lowest BCUT2D eigenvalue weighted by Gasteiger charge is -2.20. The Morgan fingerprint density at radius 3 is 2.50 bits per heavy atom. The van der Waals surface area contributed by atoms with Crippen LogP contribution in [-0.4, -0.2) is 23.5 Å². The van der Waals surface area contributed by atoms with E-state index in [1.807, 2.05) is 0 Å². The molecule has 0 spiro atoms. The molecule has 0 atom stereocenters. The van der Waals surface area contributed by atoms with Crippen molar-refractivity contribution in [1.82, 2.24) is 5.32 Å². The zero-order valence-electron chi connectivity index (χ0n) is 11.1. The molecule has 0 aromatic carbocycles. The van der Waals surface area contributed by atoms with Gasteiger partial charge in [0.05, 0.1) is 0 Å². The highest BCUT2D eigenvalue weighted by atomic mass is 16.4. The molecule has 1 fully saturated rings. The normalized spacial score (nSPS) is 16.4. The molecule has 1 aliphatic carbocycles. The number of carbonyl (C=O) groups is 2. The Hall–Kier alpha value is -1.06. The van der Waals surface area contributed by atoms with Crippen molar-refractivity contribution in [3.05, 3.63) is 0 Å². The number of hydrogen-bond acceptors (Lipinski definition) is 2. The van der Waals surface area contributed by atoms with E-state index in [-0.39, 0.29) is 13.8 Å². The Kier molecular flexibility index (Phi) is 7.46. The van der Waals surface area contributed by atoms with Crippen molar-refractivity contribution in [2.45, 2.75) is 64.2 Å². The lowest BCUT2D eigenvalue weighted by Crippen LogP contribution is -2.27. The van der Waals surface area contributed by atoms with Gasteiger partial charge in [0.1, 0.15) is 0 Å². The first-order valence-electron chi connectivity index (χ1n) is 7.17. The third kappa shape index (κ3) is 7.30. The summed E-state index contributed by atoms with van der Waals surface area (Å²) in [6, 6.07) is 0. The molecule has 0 unspecified atom stereocenters. The average Bonchev–Trinajstić information content (AvgIpc) is 2.34. The molecule has 4 heteroatoms. The molecule has 1 saturated carbocycles. The van der Waals surface area contributed by atoms with Gasteiger partial charge in [-0.1, -0.05) is 25.7 Å². The van der Waals surface area contributed by atoms with Crippen LogP contribution < -0.4 is 5.32 Å². The van der Waals surface area contributed by atoms with Gasteiger partial charge in [0.2, 0.25) is 5.91 Å². The predicted molar refractivity (Wildman–Crippen MR) is 72.4 cm³/mol. The number of rotatable bonds is 8. The highest BCUT2D eigenvalue weighted by molar-refractivity contribution is 5.76. The van der Waals surface area contributed by atoms with Crippen molar-refractivity contribution in [1.29, 1.82) is 0 Å². The fourth-order valence-electron chi connectivity index (χ4n) is 2.53. The van der Waals surface area contributed by atoms with Gasteiger partial charge < -0.3 is 10.4 Å². The van der Waals surface area contributed by atoms with Crippen molar-refractivity contribution in [3.63, 3.8) is 0 Å². The van der Waals surface area contributed by atoms with E-state index in [0.29, 0.717) is 25.3 Å². The maximum absolute atomic E-state index is 11.6. The second kappa shape index (κ2) is 8.95. The number of unbranched alkanes of at least 4 members (excludes halogenated alkanes) is 2. The number of carboxylic acid groups (broad SMARTS) is 1. The van der Waals surface area contributed by atoms with Gasteiger partial charge in [0.15, 0.2) is 0 Å². The fourth-order valence-corrected chi connectivity index (χ4v) is 2.53. The molecular formula is C14H27NO3. The number of carbonyl (C=O) groups excluding carboxylic acids is 1. The lowest BCUT2D eigenvalue weighted by atomic mass is 9.87. The molecule has 4 nitrogen and oxygen atoms in total. The van der Waals surface area contributed by atoms with E-state index in [2.05, 4.69) is 5.32 Å². The summed E-state index contributed by atoms with van der Waals surface area (Å²) in [6.07, 6.45) is 9.62. The van der Waals surface area contributed by atoms with Crippen LogP contribution in [0.1, 0.15) is 65.6 Å². The summed E-state index contributed by atoms with van der Waals surface area (Å²) >= 11 is 0. The van der Waals surface area contributed by atoms with Crippen LogP contribution in [0, 0.1) is 5.92 Å². The molecule has 0 saturated heterocycles. The van der Waals surface area contributed by atoms with Gasteiger partial charge >= 0.3 is 5.97 Å². The Morgan fingerprint density at radius 2 is 1.83 bits per heavy atom. The summed E-state index contributed by atoms with van der Waals surface area (Å²) < 4.78 is 0. The SMILES string of the molecule is O=C(O)CCCCCNC(=O)CC1CCCCC1.[HH]. The Labute approximate surface area is 111 Å². The van der Waals surface area contributed by atoms with E-state index in [1.54, 1.807) is 0 Å². The van der Waals surface area contributed by atoms with E-state index in [9.17, 15) is 9.59 Å². The Bertz CT molecular complexity index is 265. The van der Waals surface area contributed by atoms with Crippen molar-refractivity contribution < 1.29 is 16.1 Å². The van der Waals surface area contributed by atoms with Gasteiger partial charge in [-0.05, 0) is 31.6 Å². The van der Waals surface area contributed by atoms with Gasteiger partial charge in [-0.2, -0.15) is 0 Å². The summed E-state index contributed by atoms with van der Waals surface area (Å²) in [5.41, 5.74) is 0. The highest BCUT2D eigenvalue weighted by Crippen LogP contribution is 2.25. The molecule has 2 N–H and O–H groups in total. The van der Waals surface area contributed by atoms with Crippen molar-refractivity contribution in [2.75, 3.05) is 6.54 Å². The molecule has 0 aromatic heterocycles. The van der Waals surface area contributed by atoms with Gasteiger partial charge in [0.25, 0.3) is 0 Å². The first kappa shape index (κ1) is 15.0. The first-order valence-corrected chi connectivity index (χ1v) is 7.17. The minimum atomic E-state index is -0.740. The zero-order chi connectivity index (χ0) is 13.2. The Balaban J connectivity index is 0.00000324. The molecule has 0 aromatic rings. The number of hydrogen-bond donors (Lipinski definition) is 2. The number of aliphatic carboxylic acids is 1. The van der Waals surface area contributed by atoms with Crippen LogP contribution in [0.5, 0.6) is 0 Å². The molecule has 1 rings (SSSR count). The molecule has 106 valence electrons. The molecule has 0 radical (unpaired) electrons. The van der Waals surface area contributed by atoms with Gasteiger partial charge in [-0.15, -0.1) is 0 Å². The molecule has 0 aliphatic heterocycles. The summed E-state index contributed by atoms with van der Waals surface area (Å²) in [5, 5.41) is 11.4. The molecule has 0 heterocycles.